The molecular weight excluding hydrogens is 1450 g/mol. The summed E-state index contributed by atoms with van der Waals surface area (Å²) in [6.45, 7) is 31.1. The minimum Gasteiger partial charge on any atom is -0.506 e. The number of amides is 3. The molecule has 560 valence electrons. The number of carbonyl (C=O) groups is 3. The zero-order valence-corrected chi connectivity index (χ0v) is 63.7. The number of ether oxygens (including phenoxy) is 6. The molecule has 24 nitrogen and oxygen atoms in total. The first kappa shape index (κ1) is 83.4. The maximum atomic E-state index is 12.1. The van der Waals surface area contributed by atoms with Gasteiger partial charge in [0.15, 0.2) is 0 Å². The number of benzene rings is 3. The van der Waals surface area contributed by atoms with Gasteiger partial charge in [0.25, 0.3) is 0 Å². The van der Waals surface area contributed by atoms with E-state index in [1.807, 2.05) is 196 Å². The van der Waals surface area contributed by atoms with Gasteiger partial charge in [-0.25, -0.2) is 39.3 Å². The van der Waals surface area contributed by atoms with E-state index in [0.717, 1.165) is 126 Å². The smallest absolute Gasteiger partial charge is 0.410 e. The van der Waals surface area contributed by atoms with E-state index in [-0.39, 0.29) is 42.8 Å². The van der Waals surface area contributed by atoms with Crippen LogP contribution in [0, 0.1) is 0 Å². The zero-order chi connectivity index (χ0) is 74.0. The second kappa shape index (κ2) is 42.9. The number of halogens is 2. The number of aromatic nitrogens is 5. The largest absolute Gasteiger partial charge is 0.506 e. The summed E-state index contributed by atoms with van der Waals surface area (Å²) in [7, 11) is 0. The molecule has 0 radical (unpaired) electrons. The molecule has 5 aromatic heterocycles. The molecule has 0 bridgehead atoms. The lowest BCUT2D eigenvalue weighted by Gasteiger charge is -2.36. The number of carbonyl (C=O) groups excluding carboxylic acids is 3. The molecule has 0 atom stereocenters. The van der Waals surface area contributed by atoms with Crippen molar-refractivity contribution in [3.05, 3.63) is 209 Å². The van der Waals surface area contributed by atoms with Crippen molar-refractivity contribution in [2.45, 2.75) is 106 Å². The third-order valence-electron chi connectivity index (χ3n) is 15.1. The molecule has 104 heavy (non-hydrogen) atoms. The maximum Gasteiger partial charge on any atom is 0.410 e. The fourth-order valence-electron chi connectivity index (χ4n) is 9.85. The van der Waals surface area contributed by atoms with Crippen molar-refractivity contribution in [2.75, 3.05) is 119 Å². The van der Waals surface area contributed by atoms with E-state index < -0.39 is 11.2 Å². The van der Waals surface area contributed by atoms with Crippen LogP contribution in [0.5, 0.6) is 28.7 Å². The first-order chi connectivity index (χ1) is 49.3. The van der Waals surface area contributed by atoms with Crippen LogP contribution in [0.2, 0.25) is 0 Å². The Hall–Kier alpha value is -9.50. The summed E-state index contributed by atoms with van der Waals surface area (Å²) in [6, 6.07) is 48.5. The molecule has 4 N–H and O–H groups in total. The third kappa shape index (κ3) is 32.4. The van der Waals surface area contributed by atoms with E-state index in [9.17, 15) is 19.5 Å². The number of nitrogens with one attached hydrogen (secondary N) is 2. The number of pyridine rings is 5. The van der Waals surface area contributed by atoms with Gasteiger partial charge in [-0.2, -0.15) is 0 Å². The number of nitrogens with zero attached hydrogens (tertiary/aromatic N) is 11. The molecule has 26 heteroatoms. The van der Waals surface area contributed by atoms with Crippen molar-refractivity contribution in [1.82, 2.24) is 50.3 Å². The normalized spacial score (nSPS) is 14.3. The van der Waals surface area contributed by atoms with Crippen LogP contribution >= 0.6 is 31.9 Å². The van der Waals surface area contributed by atoms with Crippen LogP contribution in [-0.4, -0.2) is 190 Å². The van der Waals surface area contributed by atoms with Gasteiger partial charge in [0.05, 0.1) is 31.0 Å². The Morgan fingerprint density at radius 3 is 0.923 bits per heavy atom. The lowest BCUT2D eigenvalue weighted by molar-refractivity contribution is 0.0221. The second-order valence-corrected chi connectivity index (χ2v) is 28.5. The predicted octanol–water partition coefficient (Wildman–Crippen LogP) is 14.1. The molecule has 0 unspecified atom stereocenters. The van der Waals surface area contributed by atoms with E-state index >= 15 is 0 Å². The van der Waals surface area contributed by atoms with Crippen LogP contribution in [-0.2, 0) is 34.0 Å². The predicted molar refractivity (Wildman–Crippen MR) is 415 cm³/mol. The first-order valence-electron chi connectivity index (χ1n) is 34.4. The lowest BCUT2D eigenvalue weighted by atomic mass is 10.2. The average molecular weight is 1560 g/mol. The Balaban J connectivity index is 0.000000200. The number of anilines is 3. The van der Waals surface area contributed by atoms with E-state index in [4.69, 9.17) is 33.5 Å². The number of hydrogen-bond donors (Lipinski definition) is 4. The van der Waals surface area contributed by atoms with E-state index in [2.05, 4.69) is 82.1 Å². The van der Waals surface area contributed by atoms with Crippen LogP contribution in [0.25, 0.3) is 0 Å². The van der Waals surface area contributed by atoms with Gasteiger partial charge >= 0.3 is 18.3 Å². The van der Waals surface area contributed by atoms with Gasteiger partial charge in [-0.05, 0) is 172 Å². The van der Waals surface area contributed by atoms with Gasteiger partial charge in [0.2, 0.25) is 0 Å². The topological polar surface area (TPSA) is 255 Å². The fourth-order valence-corrected chi connectivity index (χ4v) is 10.3. The molecule has 4 aliphatic heterocycles. The molecule has 4 aliphatic rings. The molecule has 0 aliphatic carbocycles. The van der Waals surface area contributed by atoms with Crippen LogP contribution < -0.4 is 39.5 Å². The Labute approximate surface area is 630 Å². The molecule has 9 heterocycles. The minimum absolute atomic E-state index is 0. The molecule has 4 fully saturated rings. The van der Waals surface area contributed by atoms with Gasteiger partial charge in [-0.15, -0.1) is 0 Å². The van der Waals surface area contributed by atoms with Crippen molar-refractivity contribution in [2.24, 2.45) is 0 Å². The molecular formula is C78H103Br2N13O11. The molecule has 0 spiro atoms. The highest BCUT2D eigenvalue weighted by Gasteiger charge is 2.29. The summed E-state index contributed by atoms with van der Waals surface area (Å²) in [5, 5.41) is 24.7. The van der Waals surface area contributed by atoms with Crippen molar-refractivity contribution in [3.8, 4) is 28.7 Å². The summed E-state index contributed by atoms with van der Waals surface area (Å²) in [5.41, 5.74) is 2.11. The van der Waals surface area contributed by atoms with Gasteiger partial charge in [0, 0.05) is 105 Å². The van der Waals surface area contributed by atoms with Gasteiger partial charge in [-0.1, -0.05) is 98.4 Å². The molecule has 0 saturated carbocycles. The molecule has 12 rings (SSSR count). The van der Waals surface area contributed by atoms with Crippen LogP contribution in [0.1, 0.15) is 86.4 Å². The Bertz CT molecular complexity index is 3620. The number of aromatic hydroxyl groups is 2. The second-order valence-electron chi connectivity index (χ2n) is 26.9. The van der Waals surface area contributed by atoms with E-state index in [1.54, 1.807) is 51.5 Å². The summed E-state index contributed by atoms with van der Waals surface area (Å²) >= 11 is 6.55. The van der Waals surface area contributed by atoms with E-state index in [1.165, 1.54) is 12.4 Å². The van der Waals surface area contributed by atoms with Crippen LogP contribution in [0.3, 0.4) is 0 Å². The standard InChI is InChI=1S/C21H27N3O3.C14H21N3O3.2C12H10BrNO.C9H13N3O.C9H18N2O2.CH4/c1-21(2,3)27-20(25)24-13-11-23(12-14-24)19-10-9-18(15-22-19)26-16-17-7-5-4-6-8-17;1-14(2,3)20-13(19)17-8-6-16(7-9-17)12-5-4-11(18)10-15-12;2*13-12-7-6-11(8-14-12)15-9-10-4-2-1-3-5-10;13-8-1-2-9(11-7-8)12-5-3-10-4-6-12;1-9(2,3)13-8(12)11-6-4-10-5-7-11;/h4-10,15H,11-14,16H2,1-3H3;4-5,10,18H,6-9H2,1-3H3;2*1-8H,9H2;1-2,7,10,13H,3-6H2;10H,4-7H2,1-3H3;1H4. The highest BCUT2D eigenvalue weighted by atomic mass is 79.9. The third-order valence-corrected chi connectivity index (χ3v) is 16.0. The summed E-state index contributed by atoms with van der Waals surface area (Å²) in [5.74, 6) is 5.33. The molecule has 4 saturated heterocycles. The first-order valence-corrected chi connectivity index (χ1v) is 36.0. The number of rotatable bonds is 12. The summed E-state index contributed by atoms with van der Waals surface area (Å²) in [6.07, 6.45) is 7.34. The van der Waals surface area contributed by atoms with Crippen molar-refractivity contribution in [3.63, 3.8) is 0 Å². The lowest BCUT2D eigenvalue weighted by Crippen LogP contribution is -2.50. The van der Waals surface area contributed by atoms with Crippen molar-refractivity contribution in [1.29, 1.82) is 0 Å². The fraction of sp³-hybridized carbons (Fsp3) is 0.410. The highest BCUT2D eigenvalue weighted by molar-refractivity contribution is 9.10. The van der Waals surface area contributed by atoms with Gasteiger partial charge in [0.1, 0.15) is 92.0 Å². The molecule has 3 amide bonds. The van der Waals surface area contributed by atoms with Crippen LogP contribution in [0.4, 0.5) is 31.8 Å². The Kier molecular flexibility index (Phi) is 34.5. The Morgan fingerprint density at radius 1 is 0.365 bits per heavy atom. The minimum atomic E-state index is -0.467. The summed E-state index contributed by atoms with van der Waals surface area (Å²) < 4.78 is 34.6. The number of piperazine rings is 4. The monoisotopic (exact) mass is 1560 g/mol. The van der Waals surface area contributed by atoms with Gasteiger partial charge < -0.3 is 78.7 Å². The molecule has 8 aromatic rings. The van der Waals surface area contributed by atoms with E-state index in [0.29, 0.717) is 59.1 Å². The van der Waals surface area contributed by atoms with Gasteiger partial charge in [-0.3, -0.25) is 0 Å². The highest BCUT2D eigenvalue weighted by Crippen LogP contribution is 2.23. The SMILES string of the molecule is Brc1ccc(OCc2ccccc2)cn1.Brc1ccc(OCc2ccccc2)cn1.C.CC(C)(C)OC(=O)N1CCN(c2ccc(O)cn2)CC1.CC(C)(C)OC(=O)N1CCN(c2ccc(OCc3ccccc3)cn2)CC1.CC(C)(C)OC(=O)N1CCNCC1.Oc1ccc(N2CCNCC2)nc1. The Morgan fingerprint density at radius 2 is 0.644 bits per heavy atom. The number of hydrogen-bond acceptors (Lipinski definition) is 21. The van der Waals surface area contributed by atoms with Crippen molar-refractivity contribution >= 4 is 67.6 Å². The summed E-state index contributed by atoms with van der Waals surface area (Å²) in [4.78, 5) is 68.2. The molecule has 3 aromatic carbocycles. The quantitative estimate of drug-likeness (QED) is 0.0655. The van der Waals surface area contributed by atoms with Crippen molar-refractivity contribution < 1.29 is 53.0 Å². The zero-order valence-electron chi connectivity index (χ0n) is 60.5. The average Bonchev–Trinajstić information content (AvgIpc) is 0.844. The van der Waals surface area contributed by atoms with Crippen LogP contribution in [0.15, 0.2) is 192 Å². The maximum absolute atomic E-state index is 12.1.